The van der Waals surface area contributed by atoms with Gasteiger partial charge in [0, 0.05) is 6.20 Å². The Morgan fingerprint density at radius 1 is 1.70 bits per heavy atom. The zero-order valence-electron chi connectivity index (χ0n) is 5.72. The number of nitrogens with zero attached hydrogens (tertiary/aromatic N) is 1. The second kappa shape index (κ2) is 1.87. The molecule has 0 saturated heterocycles. The number of aromatic nitrogens is 1. The monoisotopic (exact) mass is 136 g/mol. The van der Waals surface area contributed by atoms with Crippen LogP contribution in [0.2, 0.25) is 0 Å². The second-order valence-electron chi connectivity index (χ2n) is 2.27. The van der Waals surface area contributed by atoms with E-state index in [1.165, 1.54) is 5.56 Å². The van der Waals surface area contributed by atoms with E-state index in [0.29, 0.717) is 6.73 Å². The second-order valence-corrected chi connectivity index (χ2v) is 2.27. The van der Waals surface area contributed by atoms with Crippen LogP contribution in [0.1, 0.15) is 5.56 Å². The van der Waals surface area contributed by atoms with Gasteiger partial charge in [-0.25, -0.2) is 4.98 Å². The van der Waals surface area contributed by atoms with Gasteiger partial charge in [-0.1, -0.05) is 0 Å². The minimum absolute atomic E-state index is 0.549. The maximum absolute atomic E-state index is 5.16. The van der Waals surface area contributed by atoms with Gasteiger partial charge in [-0.05, 0) is 18.6 Å². The average Bonchev–Trinajstić information content (AvgIpc) is 2.36. The van der Waals surface area contributed by atoms with Gasteiger partial charge in [0.15, 0.2) is 6.73 Å². The maximum atomic E-state index is 5.16. The Balaban J connectivity index is 2.59. The van der Waals surface area contributed by atoms with Gasteiger partial charge in [0.05, 0.1) is 0 Å². The van der Waals surface area contributed by atoms with E-state index < -0.39 is 0 Å². The normalized spacial score (nSPS) is 13.7. The van der Waals surface area contributed by atoms with Crippen LogP contribution in [0.15, 0.2) is 12.3 Å². The molecular formula is C7H8N2O. The standard InChI is InChI=1S/C7H8N2O/c1-5-2-3-8-7-6(5)9-4-10-7/h2-3,9H,4H2,1H3. The molecule has 1 aliphatic rings. The first kappa shape index (κ1) is 5.53. The Morgan fingerprint density at radius 3 is 3.40 bits per heavy atom. The molecular weight excluding hydrogens is 128 g/mol. The van der Waals surface area contributed by atoms with Crippen LogP contribution < -0.4 is 10.1 Å². The van der Waals surface area contributed by atoms with Crippen molar-refractivity contribution in [1.29, 1.82) is 0 Å². The summed E-state index contributed by atoms with van der Waals surface area (Å²) in [6.07, 6.45) is 1.75. The fourth-order valence-electron chi connectivity index (χ4n) is 1.03. The molecule has 2 rings (SSSR count). The van der Waals surface area contributed by atoms with Crippen LogP contribution in [0.5, 0.6) is 5.88 Å². The molecule has 52 valence electrons. The minimum atomic E-state index is 0.549. The van der Waals surface area contributed by atoms with Gasteiger partial charge in [-0.3, -0.25) is 0 Å². The van der Waals surface area contributed by atoms with Crippen molar-refractivity contribution in [3.05, 3.63) is 17.8 Å². The summed E-state index contributed by atoms with van der Waals surface area (Å²) < 4.78 is 5.16. The molecule has 2 heterocycles. The lowest BCUT2D eigenvalue weighted by Gasteiger charge is -1.97. The van der Waals surface area contributed by atoms with E-state index in [2.05, 4.69) is 10.3 Å². The number of nitrogens with one attached hydrogen (secondary N) is 1. The number of fused-ring (bicyclic) bond motifs is 1. The summed E-state index contributed by atoms with van der Waals surface area (Å²) in [6, 6.07) is 1.96. The Kier molecular flexibility index (Phi) is 1.03. The van der Waals surface area contributed by atoms with Crippen molar-refractivity contribution in [1.82, 2.24) is 4.98 Å². The maximum Gasteiger partial charge on any atom is 0.239 e. The summed E-state index contributed by atoms with van der Waals surface area (Å²) in [5.41, 5.74) is 2.21. The number of hydrogen-bond acceptors (Lipinski definition) is 3. The highest BCUT2D eigenvalue weighted by molar-refractivity contribution is 5.60. The zero-order chi connectivity index (χ0) is 6.97. The number of hydrogen-bond donors (Lipinski definition) is 1. The fraction of sp³-hybridized carbons (Fsp3) is 0.286. The molecule has 0 unspecified atom stereocenters. The van der Waals surface area contributed by atoms with Crippen LogP contribution in [0.3, 0.4) is 0 Å². The molecule has 0 fully saturated rings. The first-order chi connectivity index (χ1) is 4.88. The number of anilines is 1. The molecule has 1 aromatic rings. The third kappa shape index (κ3) is 0.635. The van der Waals surface area contributed by atoms with Crippen molar-refractivity contribution >= 4 is 5.69 Å². The molecule has 0 aliphatic carbocycles. The first-order valence-electron chi connectivity index (χ1n) is 3.20. The Bertz CT molecular complexity index is 260. The molecule has 0 bridgehead atoms. The first-order valence-corrected chi connectivity index (χ1v) is 3.20. The van der Waals surface area contributed by atoms with Crippen LogP contribution in [0.4, 0.5) is 5.69 Å². The molecule has 0 saturated carbocycles. The summed E-state index contributed by atoms with van der Waals surface area (Å²) in [7, 11) is 0. The molecule has 10 heavy (non-hydrogen) atoms. The summed E-state index contributed by atoms with van der Waals surface area (Å²) in [6.45, 7) is 2.58. The van der Waals surface area contributed by atoms with E-state index in [4.69, 9.17) is 4.74 Å². The lowest BCUT2D eigenvalue weighted by molar-refractivity contribution is 0.359. The molecule has 3 heteroatoms. The minimum Gasteiger partial charge on any atom is -0.455 e. The van der Waals surface area contributed by atoms with Crippen LogP contribution in [-0.4, -0.2) is 11.7 Å². The Labute approximate surface area is 59.0 Å². The number of ether oxygens (including phenoxy) is 1. The van der Waals surface area contributed by atoms with Gasteiger partial charge in [-0.2, -0.15) is 0 Å². The Hall–Kier alpha value is -1.25. The SMILES string of the molecule is Cc1ccnc2c1NCO2. The lowest BCUT2D eigenvalue weighted by atomic mass is 10.2. The molecule has 0 aromatic carbocycles. The van der Waals surface area contributed by atoms with Crippen molar-refractivity contribution in [3.63, 3.8) is 0 Å². The van der Waals surface area contributed by atoms with E-state index in [9.17, 15) is 0 Å². The fourth-order valence-corrected chi connectivity index (χ4v) is 1.03. The van der Waals surface area contributed by atoms with Crippen molar-refractivity contribution in [2.45, 2.75) is 6.92 Å². The highest BCUT2D eigenvalue weighted by Crippen LogP contribution is 2.28. The van der Waals surface area contributed by atoms with Gasteiger partial charge >= 0.3 is 0 Å². The molecule has 0 atom stereocenters. The molecule has 1 N–H and O–H groups in total. The quantitative estimate of drug-likeness (QED) is 0.581. The van der Waals surface area contributed by atoms with Crippen LogP contribution in [0, 0.1) is 6.92 Å². The third-order valence-corrected chi connectivity index (χ3v) is 1.58. The lowest BCUT2D eigenvalue weighted by Crippen LogP contribution is -1.97. The molecule has 3 nitrogen and oxygen atoms in total. The topological polar surface area (TPSA) is 34.2 Å². The number of aryl methyl sites for hydroxylation is 1. The van der Waals surface area contributed by atoms with Gasteiger partial charge in [0.25, 0.3) is 0 Å². The highest BCUT2D eigenvalue weighted by Gasteiger charge is 2.12. The van der Waals surface area contributed by atoms with Crippen LogP contribution >= 0.6 is 0 Å². The summed E-state index contributed by atoms with van der Waals surface area (Å²) in [4.78, 5) is 4.04. The largest absolute Gasteiger partial charge is 0.455 e. The van der Waals surface area contributed by atoms with Gasteiger partial charge < -0.3 is 10.1 Å². The predicted molar refractivity (Wildman–Crippen MR) is 38.1 cm³/mol. The van der Waals surface area contributed by atoms with Crippen molar-refractivity contribution in [3.8, 4) is 5.88 Å². The van der Waals surface area contributed by atoms with Gasteiger partial charge in [-0.15, -0.1) is 0 Å². The zero-order valence-corrected chi connectivity index (χ0v) is 5.72. The Morgan fingerprint density at radius 2 is 2.60 bits per heavy atom. The van der Waals surface area contributed by atoms with Gasteiger partial charge in [0.2, 0.25) is 5.88 Å². The summed E-state index contributed by atoms with van der Waals surface area (Å²) in [5.74, 6) is 0.722. The van der Waals surface area contributed by atoms with Gasteiger partial charge in [0.1, 0.15) is 5.69 Å². The van der Waals surface area contributed by atoms with Crippen molar-refractivity contribution in [2.75, 3.05) is 12.0 Å². The van der Waals surface area contributed by atoms with E-state index in [1.54, 1.807) is 6.20 Å². The number of rotatable bonds is 0. The molecule has 0 spiro atoms. The van der Waals surface area contributed by atoms with E-state index in [-0.39, 0.29) is 0 Å². The van der Waals surface area contributed by atoms with E-state index >= 15 is 0 Å². The van der Waals surface area contributed by atoms with Crippen LogP contribution in [0.25, 0.3) is 0 Å². The number of pyridine rings is 1. The predicted octanol–water partition coefficient (Wildman–Crippen LogP) is 1.15. The van der Waals surface area contributed by atoms with E-state index in [0.717, 1.165) is 11.6 Å². The van der Waals surface area contributed by atoms with E-state index in [1.807, 2.05) is 13.0 Å². The summed E-state index contributed by atoms with van der Waals surface area (Å²) >= 11 is 0. The smallest absolute Gasteiger partial charge is 0.239 e. The molecule has 1 aromatic heterocycles. The molecule has 1 aliphatic heterocycles. The highest BCUT2D eigenvalue weighted by atomic mass is 16.5. The van der Waals surface area contributed by atoms with Crippen LogP contribution in [-0.2, 0) is 0 Å². The van der Waals surface area contributed by atoms with Crippen molar-refractivity contribution < 1.29 is 4.74 Å². The summed E-state index contributed by atoms with van der Waals surface area (Å²) in [5, 5.41) is 3.08. The third-order valence-electron chi connectivity index (χ3n) is 1.58. The molecule has 0 amide bonds. The average molecular weight is 136 g/mol. The molecule has 0 radical (unpaired) electrons. The van der Waals surface area contributed by atoms with Crippen molar-refractivity contribution in [2.24, 2.45) is 0 Å².